The largest absolute Gasteiger partial charge is 0.334 e. The minimum atomic E-state index is -0.137. The fraction of sp³-hybridized carbons (Fsp3) is 0.280. The molecule has 1 aliphatic carbocycles. The van der Waals surface area contributed by atoms with Crippen LogP contribution in [0.25, 0.3) is 0 Å². The maximum atomic E-state index is 12.3. The number of carbonyl (C=O) groups excluding carboxylic acids is 1. The number of nitrogens with zero attached hydrogens (tertiary/aromatic N) is 2. The molecule has 154 valence electrons. The Labute approximate surface area is 177 Å². The number of hydrogen-bond donors (Lipinski definition) is 2. The standard InChI is InChI=1S/C25H28N4O/c1-18-24(19(2)29(28-18)17-21-11-7-4-8-12-21)22-13-14-23(15-22)27-25(30)26-16-20-9-5-3-6-10-20/h3-14,22-23H,15-17H2,1-2H3,(H2,26,27,30). The Hall–Kier alpha value is -3.34. The van der Waals surface area contributed by atoms with Gasteiger partial charge in [0.2, 0.25) is 0 Å². The van der Waals surface area contributed by atoms with Crippen molar-refractivity contribution in [2.45, 2.75) is 45.3 Å². The van der Waals surface area contributed by atoms with E-state index in [2.05, 4.69) is 65.6 Å². The quantitative estimate of drug-likeness (QED) is 0.600. The predicted octanol–water partition coefficient (Wildman–Crippen LogP) is 4.46. The van der Waals surface area contributed by atoms with Crippen LogP contribution in [0, 0.1) is 13.8 Å². The Kier molecular flexibility index (Phi) is 5.98. The molecule has 30 heavy (non-hydrogen) atoms. The van der Waals surface area contributed by atoms with Crippen molar-refractivity contribution < 1.29 is 4.79 Å². The number of rotatable bonds is 6. The van der Waals surface area contributed by atoms with E-state index < -0.39 is 0 Å². The number of carbonyl (C=O) groups is 1. The first-order valence-electron chi connectivity index (χ1n) is 10.4. The van der Waals surface area contributed by atoms with Gasteiger partial charge in [0.15, 0.2) is 0 Å². The maximum absolute atomic E-state index is 12.3. The van der Waals surface area contributed by atoms with Gasteiger partial charge < -0.3 is 10.6 Å². The van der Waals surface area contributed by atoms with Gasteiger partial charge >= 0.3 is 6.03 Å². The van der Waals surface area contributed by atoms with Crippen molar-refractivity contribution in [1.29, 1.82) is 0 Å². The fourth-order valence-electron chi connectivity index (χ4n) is 4.18. The van der Waals surface area contributed by atoms with Crippen LogP contribution in [0.15, 0.2) is 72.8 Å². The summed E-state index contributed by atoms with van der Waals surface area (Å²) in [4.78, 5) is 12.3. The van der Waals surface area contributed by atoms with E-state index in [1.165, 1.54) is 16.8 Å². The Balaban J connectivity index is 1.35. The zero-order valence-electron chi connectivity index (χ0n) is 17.5. The van der Waals surface area contributed by atoms with Crippen molar-refractivity contribution in [2.24, 2.45) is 0 Å². The summed E-state index contributed by atoms with van der Waals surface area (Å²) in [6.45, 7) is 5.51. The molecule has 0 aliphatic heterocycles. The van der Waals surface area contributed by atoms with E-state index in [1.807, 2.05) is 36.4 Å². The van der Waals surface area contributed by atoms with Gasteiger partial charge in [0.1, 0.15) is 0 Å². The lowest BCUT2D eigenvalue weighted by Gasteiger charge is -2.15. The summed E-state index contributed by atoms with van der Waals surface area (Å²) in [5.74, 6) is 0.272. The summed E-state index contributed by atoms with van der Waals surface area (Å²) in [6.07, 6.45) is 5.16. The molecule has 0 bridgehead atoms. The number of urea groups is 1. The van der Waals surface area contributed by atoms with Crippen molar-refractivity contribution in [1.82, 2.24) is 20.4 Å². The first-order valence-corrected chi connectivity index (χ1v) is 10.4. The lowest BCUT2D eigenvalue weighted by molar-refractivity contribution is 0.238. The second kappa shape index (κ2) is 8.99. The summed E-state index contributed by atoms with van der Waals surface area (Å²) in [6, 6.07) is 20.2. The number of aromatic nitrogens is 2. The van der Waals surface area contributed by atoms with Crippen molar-refractivity contribution in [2.75, 3.05) is 0 Å². The first-order chi connectivity index (χ1) is 14.6. The van der Waals surface area contributed by atoms with Crippen LogP contribution in [0.2, 0.25) is 0 Å². The normalized spacial score (nSPS) is 17.8. The van der Waals surface area contributed by atoms with Crippen LogP contribution in [-0.2, 0) is 13.1 Å². The predicted molar refractivity (Wildman–Crippen MR) is 119 cm³/mol. The molecule has 0 spiro atoms. The molecular formula is C25H28N4O. The molecule has 1 aromatic heterocycles. The summed E-state index contributed by atoms with van der Waals surface area (Å²) in [5.41, 5.74) is 5.86. The molecule has 2 aromatic carbocycles. The second-order valence-corrected chi connectivity index (χ2v) is 7.87. The number of allylic oxidation sites excluding steroid dienone is 1. The molecule has 3 aromatic rings. The monoisotopic (exact) mass is 400 g/mol. The number of benzene rings is 2. The summed E-state index contributed by atoms with van der Waals surface area (Å²) in [5, 5.41) is 10.8. The van der Waals surface area contributed by atoms with Crippen LogP contribution >= 0.6 is 0 Å². The average molecular weight is 401 g/mol. The van der Waals surface area contributed by atoms with Gasteiger partial charge in [-0.1, -0.05) is 72.8 Å². The molecule has 2 N–H and O–H groups in total. The molecule has 1 heterocycles. The van der Waals surface area contributed by atoms with Gasteiger partial charge in [0.05, 0.1) is 12.2 Å². The topological polar surface area (TPSA) is 59.0 Å². The summed E-state index contributed by atoms with van der Waals surface area (Å²) in [7, 11) is 0. The molecule has 2 unspecified atom stereocenters. The van der Waals surface area contributed by atoms with Crippen LogP contribution < -0.4 is 10.6 Å². The van der Waals surface area contributed by atoms with Gasteiger partial charge in [-0.3, -0.25) is 4.68 Å². The highest BCUT2D eigenvalue weighted by atomic mass is 16.2. The number of amides is 2. The van der Waals surface area contributed by atoms with Gasteiger partial charge in [-0.15, -0.1) is 0 Å². The zero-order valence-corrected chi connectivity index (χ0v) is 17.5. The van der Waals surface area contributed by atoms with Gasteiger partial charge in [-0.05, 0) is 31.4 Å². The molecule has 2 atom stereocenters. The molecule has 0 saturated carbocycles. The smallest absolute Gasteiger partial charge is 0.315 e. The minimum absolute atomic E-state index is 0.0297. The van der Waals surface area contributed by atoms with Crippen molar-refractivity contribution in [3.05, 3.63) is 101 Å². The molecular weight excluding hydrogens is 372 g/mol. The van der Waals surface area contributed by atoms with Crippen LogP contribution in [0.4, 0.5) is 4.79 Å². The number of nitrogens with one attached hydrogen (secondary N) is 2. The second-order valence-electron chi connectivity index (χ2n) is 7.87. The van der Waals surface area contributed by atoms with E-state index in [0.29, 0.717) is 6.54 Å². The minimum Gasteiger partial charge on any atom is -0.334 e. The highest BCUT2D eigenvalue weighted by Gasteiger charge is 2.26. The summed E-state index contributed by atoms with van der Waals surface area (Å²) >= 11 is 0. The van der Waals surface area contributed by atoms with Gasteiger partial charge in [0, 0.05) is 29.8 Å². The van der Waals surface area contributed by atoms with E-state index in [-0.39, 0.29) is 18.0 Å². The third-order valence-electron chi connectivity index (χ3n) is 5.68. The highest BCUT2D eigenvalue weighted by Crippen LogP contribution is 2.33. The van der Waals surface area contributed by atoms with Crippen molar-refractivity contribution in [3.63, 3.8) is 0 Å². The lowest BCUT2D eigenvalue weighted by atomic mass is 9.96. The Morgan fingerprint density at radius 1 is 1.00 bits per heavy atom. The van der Waals surface area contributed by atoms with Crippen LogP contribution in [-0.4, -0.2) is 21.9 Å². The Morgan fingerprint density at radius 2 is 1.67 bits per heavy atom. The van der Waals surface area contributed by atoms with E-state index in [1.54, 1.807) is 0 Å². The van der Waals surface area contributed by atoms with Crippen LogP contribution in [0.3, 0.4) is 0 Å². The maximum Gasteiger partial charge on any atom is 0.315 e. The van der Waals surface area contributed by atoms with Crippen LogP contribution in [0.1, 0.15) is 40.4 Å². The molecule has 0 saturated heterocycles. The highest BCUT2D eigenvalue weighted by molar-refractivity contribution is 5.74. The van der Waals surface area contributed by atoms with Gasteiger partial charge in [0.25, 0.3) is 0 Å². The van der Waals surface area contributed by atoms with E-state index in [9.17, 15) is 4.79 Å². The Morgan fingerprint density at radius 3 is 2.37 bits per heavy atom. The molecule has 5 heteroatoms. The molecule has 0 radical (unpaired) electrons. The zero-order chi connectivity index (χ0) is 20.9. The van der Waals surface area contributed by atoms with Gasteiger partial charge in [-0.25, -0.2) is 4.79 Å². The third-order valence-corrected chi connectivity index (χ3v) is 5.68. The molecule has 4 rings (SSSR count). The van der Waals surface area contributed by atoms with E-state index >= 15 is 0 Å². The van der Waals surface area contributed by atoms with Crippen molar-refractivity contribution >= 4 is 6.03 Å². The van der Waals surface area contributed by atoms with E-state index in [4.69, 9.17) is 5.10 Å². The fourth-order valence-corrected chi connectivity index (χ4v) is 4.18. The summed E-state index contributed by atoms with van der Waals surface area (Å²) < 4.78 is 2.08. The molecule has 5 nitrogen and oxygen atoms in total. The SMILES string of the molecule is Cc1nn(Cc2ccccc2)c(C)c1C1C=CC(NC(=O)NCc2ccccc2)C1. The molecule has 1 aliphatic rings. The third kappa shape index (κ3) is 4.62. The average Bonchev–Trinajstić information content (AvgIpc) is 3.31. The lowest BCUT2D eigenvalue weighted by Crippen LogP contribution is -2.40. The van der Waals surface area contributed by atoms with Crippen LogP contribution in [0.5, 0.6) is 0 Å². The van der Waals surface area contributed by atoms with Crippen molar-refractivity contribution in [3.8, 4) is 0 Å². The number of aryl methyl sites for hydroxylation is 1. The number of hydrogen-bond acceptors (Lipinski definition) is 2. The van der Waals surface area contributed by atoms with Gasteiger partial charge in [-0.2, -0.15) is 5.10 Å². The Bertz CT molecular complexity index is 1020. The molecule has 0 fully saturated rings. The van der Waals surface area contributed by atoms with E-state index in [0.717, 1.165) is 24.2 Å². The molecule has 2 amide bonds. The first kappa shape index (κ1) is 20.0.